The Hall–Kier alpha value is -6.03. The van der Waals surface area contributed by atoms with E-state index in [9.17, 15) is 14.7 Å². The quantitative estimate of drug-likeness (QED) is 0.0926. The molecule has 2 bridgehead atoms. The number of H-pyrrole nitrogens is 1. The van der Waals surface area contributed by atoms with Gasteiger partial charge in [0.15, 0.2) is 11.5 Å². The molecule has 1 aromatic heterocycles. The molecule has 15 heteroatoms. The summed E-state index contributed by atoms with van der Waals surface area (Å²) in [7, 11) is 5.09. The Morgan fingerprint density at radius 1 is 1.00 bits per heavy atom. The highest BCUT2D eigenvalue weighted by Gasteiger charge is 2.78. The van der Waals surface area contributed by atoms with E-state index in [0.29, 0.717) is 60.7 Å². The summed E-state index contributed by atoms with van der Waals surface area (Å²) in [5, 5.41) is 18.0. The van der Waals surface area contributed by atoms with E-state index in [2.05, 4.69) is 81.3 Å². The van der Waals surface area contributed by atoms with Crippen LogP contribution < -0.4 is 24.4 Å². The number of carbonyl (C=O) groups excluding carboxylic acids is 3. The monoisotopic (exact) mass is 941 g/mol. The van der Waals surface area contributed by atoms with Gasteiger partial charge in [-0.2, -0.15) is 0 Å². The number of aliphatic hydroxyl groups is 1. The number of hydrogen-bond acceptors (Lipinski definition) is 13. The second kappa shape index (κ2) is 16.8. The number of ether oxygens (including phenoxy) is 6. The Kier molecular flexibility index (Phi) is 11.1. The summed E-state index contributed by atoms with van der Waals surface area (Å²) in [6.45, 7) is 9.32. The third-order valence-corrected chi connectivity index (χ3v) is 17.0. The van der Waals surface area contributed by atoms with Crippen molar-refractivity contribution >= 4 is 34.6 Å². The molecule has 1 spiro atoms. The van der Waals surface area contributed by atoms with Gasteiger partial charge in [-0.1, -0.05) is 61.9 Å². The van der Waals surface area contributed by atoms with Gasteiger partial charge in [-0.25, -0.2) is 4.79 Å². The summed E-state index contributed by atoms with van der Waals surface area (Å²) < 4.78 is 35.7. The van der Waals surface area contributed by atoms with Crippen LogP contribution in [-0.2, 0) is 47.7 Å². The number of carbonyl (C=O) groups is 3. The van der Waals surface area contributed by atoms with Gasteiger partial charge in [0.1, 0.15) is 29.5 Å². The molecule has 7 aliphatic rings. The number of anilines is 1. The van der Waals surface area contributed by atoms with Crippen LogP contribution in [0.1, 0.15) is 74.4 Å². The third kappa shape index (κ3) is 6.66. The maximum Gasteiger partial charge on any atom is 0.407 e. The highest BCUT2D eigenvalue weighted by atomic mass is 16.7. The van der Waals surface area contributed by atoms with Gasteiger partial charge in [-0.3, -0.25) is 19.4 Å². The first-order valence-electron chi connectivity index (χ1n) is 24.5. The zero-order chi connectivity index (χ0) is 48.0. The maximum absolute atomic E-state index is 15.5. The van der Waals surface area contributed by atoms with Crippen LogP contribution in [0.4, 0.5) is 10.5 Å². The predicted molar refractivity (Wildman–Crippen MR) is 258 cm³/mol. The van der Waals surface area contributed by atoms with Crippen molar-refractivity contribution in [2.45, 2.75) is 94.1 Å². The molecule has 1 saturated heterocycles. The van der Waals surface area contributed by atoms with Crippen molar-refractivity contribution in [1.82, 2.24) is 20.1 Å². The van der Waals surface area contributed by atoms with Crippen molar-refractivity contribution in [2.75, 3.05) is 72.2 Å². The number of aromatic nitrogens is 1. The average Bonchev–Trinajstić information content (AvgIpc) is 4.15. The van der Waals surface area contributed by atoms with Gasteiger partial charge in [0.25, 0.3) is 0 Å². The van der Waals surface area contributed by atoms with Crippen LogP contribution in [0.2, 0.25) is 0 Å². The van der Waals surface area contributed by atoms with Crippen LogP contribution in [-0.4, -0.2) is 129 Å². The lowest BCUT2D eigenvalue weighted by Gasteiger charge is -2.64. The fraction of sp³-hybridized carbons (Fsp3) is 0.500. The Labute approximate surface area is 402 Å². The molecule has 1 amide bonds. The van der Waals surface area contributed by atoms with E-state index in [4.69, 9.17) is 28.4 Å². The first-order chi connectivity index (χ1) is 33.3. The minimum atomic E-state index is -1.88. The number of rotatable bonds is 10. The van der Waals surface area contributed by atoms with Gasteiger partial charge >= 0.3 is 18.0 Å². The topological polar surface area (TPSA) is 164 Å². The van der Waals surface area contributed by atoms with E-state index in [1.165, 1.54) is 19.6 Å². The van der Waals surface area contributed by atoms with Crippen molar-refractivity contribution in [1.29, 1.82) is 0 Å². The van der Waals surface area contributed by atoms with Crippen LogP contribution in [0.5, 0.6) is 17.2 Å². The standard InChI is InChI=1S/C54H63N5O10/c1-7-33-22-35-26-53(49(61)65-6,45-37(16-20-58(27-33)28-35)36-12-9-10-13-40(36)56-45)39-24-38-41(25-43(39)64-5)57(4)47-52(38)18-21-59-19-11-17-51(8-2,46(52)59)48(69-32(3)60)54(47,63)30-55-50(62)66-29-34-14-15-42-44(23-34)68-31-67-42/h9-15,17,22-25,35,46-48,56,63H,7-8,16,18-21,26-31H2,1-6H3,(H,55,62)/t35-,46-,47+,48+,51+,52+,53-,54-/m0/s1. The summed E-state index contributed by atoms with van der Waals surface area (Å²) in [5.74, 6) is 0.804. The number of likely N-dealkylation sites (N-methyl/N-ethyl adjacent to an activating group) is 1. The molecule has 1 aliphatic carbocycles. The predicted octanol–water partition coefficient (Wildman–Crippen LogP) is 6.28. The van der Waals surface area contributed by atoms with Crippen molar-refractivity contribution in [3.8, 4) is 17.2 Å². The molecule has 69 heavy (non-hydrogen) atoms. The van der Waals surface area contributed by atoms with Gasteiger partial charge in [-0.15, -0.1) is 0 Å². The molecular weight excluding hydrogens is 879 g/mol. The zero-order valence-electron chi connectivity index (χ0n) is 40.4. The molecule has 11 rings (SSSR count). The van der Waals surface area contributed by atoms with Crippen LogP contribution in [0.15, 0.2) is 78.4 Å². The van der Waals surface area contributed by atoms with Gasteiger partial charge in [0, 0.05) is 90.9 Å². The van der Waals surface area contributed by atoms with Crippen LogP contribution >= 0.6 is 0 Å². The molecule has 9 atom stereocenters. The molecule has 6 aliphatic heterocycles. The number of benzene rings is 3. The van der Waals surface area contributed by atoms with Crippen molar-refractivity contribution in [2.24, 2.45) is 11.3 Å². The van der Waals surface area contributed by atoms with E-state index in [1.54, 1.807) is 25.3 Å². The second-order valence-electron chi connectivity index (χ2n) is 20.3. The largest absolute Gasteiger partial charge is 0.496 e. The molecule has 3 N–H and O–H groups in total. The number of amides is 1. The Morgan fingerprint density at radius 2 is 1.83 bits per heavy atom. The zero-order valence-corrected chi connectivity index (χ0v) is 40.4. The molecule has 2 fully saturated rings. The van der Waals surface area contributed by atoms with Crippen molar-refractivity contribution in [3.63, 3.8) is 0 Å². The van der Waals surface area contributed by atoms with Gasteiger partial charge in [0.05, 0.1) is 26.8 Å². The fourth-order valence-electron chi connectivity index (χ4n) is 14.4. The highest BCUT2D eigenvalue weighted by Crippen LogP contribution is 2.68. The number of esters is 2. The van der Waals surface area contributed by atoms with Crippen molar-refractivity contribution < 1.29 is 47.9 Å². The lowest BCUT2D eigenvalue weighted by Crippen LogP contribution is -2.81. The summed E-state index contributed by atoms with van der Waals surface area (Å²) >= 11 is 0. The number of hydrogen-bond donors (Lipinski definition) is 3. The number of nitrogens with one attached hydrogen (secondary N) is 2. The van der Waals surface area contributed by atoms with E-state index in [0.717, 1.165) is 65.9 Å². The van der Waals surface area contributed by atoms with E-state index < -0.39 is 46.1 Å². The number of alkyl carbamates (subject to hydrolysis) is 1. The lowest BCUT2D eigenvalue weighted by atomic mass is 9.47. The Balaban J connectivity index is 1.09. The maximum atomic E-state index is 15.5. The minimum absolute atomic E-state index is 0.00929. The molecular formula is C54H63N5O10. The third-order valence-electron chi connectivity index (χ3n) is 17.0. The molecule has 7 heterocycles. The minimum Gasteiger partial charge on any atom is -0.496 e. The van der Waals surface area contributed by atoms with Crippen LogP contribution in [0.3, 0.4) is 0 Å². The summed E-state index contributed by atoms with van der Waals surface area (Å²) in [4.78, 5) is 53.6. The first-order valence-corrected chi connectivity index (χ1v) is 24.5. The van der Waals surface area contributed by atoms with Crippen molar-refractivity contribution in [3.05, 3.63) is 106 Å². The Morgan fingerprint density at radius 3 is 2.61 bits per heavy atom. The summed E-state index contributed by atoms with van der Waals surface area (Å²) in [5.41, 5.74) is 2.43. The number of fused-ring (bicyclic) bond motifs is 7. The highest BCUT2D eigenvalue weighted by molar-refractivity contribution is 5.94. The van der Waals surface area contributed by atoms with Gasteiger partial charge in [-0.05, 0) is 85.5 Å². The van der Waals surface area contributed by atoms with Gasteiger partial charge in [0.2, 0.25) is 6.79 Å². The Bertz CT molecular complexity index is 2810. The summed E-state index contributed by atoms with van der Waals surface area (Å²) in [6, 6.07) is 16.9. The van der Waals surface area contributed by atoms with Gasteiger partial charge < -0.3 is 48.7 Å². The molecule has 3 aromatic carbocycles. The van der Waals surface area contributed by atoms with E-state index in [-0.39, 0.29) is 37.9 Å². The van der Waals surface area contributed by atoms with E-state index in [1.807, 2.05) is 19.2 Å². The average molecular weight is 942 g/mol. The molecule has 1 saturated carbocycles. The fourth-order valence-corrected chi connectivity index (χ4v) is 14.4. The van der Waals surface area contributed by atoms with Crippen LogP contribution in [0, 0.1) is 11.3 Å². The molecule has 1 unspecified atom stereocenters. The van der Waals surface area contributed by atoms with Crippen LogP contribution in [0.25, 0.3) is 10.9 Å². The molecule has 15 nitrogen and oxygen atoms in total. The summed E-state index contributed by atoms with van der Waals surface area (Å²) in [6.07, 6.45) is 8.05. The molecule has 4 aromatic rings. The number of aromatic amines is 1. The number of para-hydroxylation sites is 1. The number of nitrogens with zero attached hydrogens (tertiary/aromatic N) is 3. The normalized spacial score (nSPS) is 31.6. The smallest absolute Gasteiger partial charge is 0.407 e. The second-order valence-corrected chi connectivity index (χ2v) is 20.3. The first kappa shape index (κ1) is 45.4. The molecule has 0 radical (unpaired) electrons. The molecule has 364 valence electrons. The SMILES string of the molecule is CCC1=C[C@@H]2CN(CCc3c([nH]c4ccccc34)[C@@](C(=O)OC)(c3cc4c(cc3OC)N(C)[C@H]3[C@@](O)(CNC(=O)OCc5ccc6c(c5)OCO6)[C@H](OC(C)=O)[C@]5(CC)C=CCN6CC[C@]43[C@@H]65)C2)C1. The van der Waals surface area contributed by atoms with E-state index >= 15 is 4.79 Å². The lowest BCUT2D eigenvalue weighted by molar-refractivity contribution is -0.217. The number of methoxy groups -OCH3 is 2.